The fourth-order valence-electron chi connectivity index (χ4n) is 6.14. The zero-order valence-corrected chi connectivity index (χ0v) is 30.2. The standard InChI is InChI=1S/C39H42N8O8/c1-24-43-29-7-4-6-28(35(29)39(52)47(24)31-13-14-34(49)44-38(31)51)41-16-19-53-21-22-54-20-17-42-37(50)26-11-9-25(10-12-26)15-18-55-33-23-30(45-46-36(33)40)27-5-2-3-8-32(27)48/h2-12,23,31,41,48H,13-22H2,1H3,(H2,40,46)(H,42,50)(H,44,49,51). The number of ether oxygens (including phenoxy) is 3. The zero-order valence-electron chi connectivity index (χ0n) is 30.2. The number of hydrogen-bond donors (Lipinski definition) is 5. The van der Waals surface area contributed by atoms with E-state index < -0.39 is 11.9 Å². The van der Waals surface area contributed by atoms with E-state index in [-0.39, 0.29) is 41.8 Å². The van der Waals surface area contributed by atoms with Crippen molar-refractivity contribution in [1.82, 2.24) is 30.4 Å². The molecule has 16 nitrogen and oxygen atoms in total. The Hall–Kier alpha value is -6.39. The van der Waals surface area contributed by atoms with Gasteiger partial charge in [0.15, 0.2) is 11.6 Å². The molecule has 0 aliphatic carbocycles. The van der Waals surface area contributed by atoms with Crippen LogP contribution in [0.5, 0.6) is 11.5 Å². The van der Waals surface area contributed by atoms with Crippen LogP contribution in [0.1, 0.15) is 40.6 Å². The van der Waals surface area contributed by atoms with E-state index in [1.807, 2.05) is 12.1 Å². The number of para-hydroxylation sites is 1. The van der Waals surface area contributed by atoms with Gasteiger partial charge in [0.1, 0.15) is 23.3 Å². The Balaban J connectivity index is 0.864. The highest BCUT2D eigenvalue weighted by molar-refractivity contribution is 6.00. The van der Waals surface area contributed by atoms with Crippen molar-refractivity contribution in [2.75, 3.05) is 57.2 Å². The van der Waals surface area contributed by atoms with Gasteiger partial charge >= 0.3 is 0 Å². The molecule has 6 rings (SSSR count). The molecule has 55 heavy (non-hydrogen) atoms. The summed E-state index contributed by atoms with van der Waals surface area (Å²) in [6.45, 7) is 4.04. The summed E-state index contributed by atoms with van der Waals surface area (Å²) in [6, 6.07) is 20.2. The Kier molecular flexibility index (Phi) is 12.6. The number of fused-ring (bicyclic) bond motifs is 1. The average Bonchev–Trinajstić information content (AvgIpc) is 3.17. The lowest BCUT2D eigenvalue weighted by Crippen LogP contribution is -2.45. The summed E-state index contributed by atoms with van der Waals surface area (Å²) in [7, 11) is 0. The van der Waals surface area contributed by atoms with Crippen molar-refractivity contribution in [3.63, 3.8) is 0 Å². The highest BCUT2D eigenvalue weighted by Gasteiger charge is 2.30. The van der Waals surface area contributed by atoms with Crippen molar-refractivity contribution in [3.05, 3.63) is 100 Å². The Morgan fingerprint density at radius 2 is 1.71 bits per heavy atom. The maximum absolute atomic E-state index is 13.6. The van der Waals surface area contributed by atoms with E-state index in [9.17, 15) is 24.3 Å². The van der Waals surface area contributed by atoms with Gasteiger partial charge in [-0.2, -0.15) is 0 Å². The third kappa shape index (κ3) is 9.59. The Morgan fingerprint density at radius 3 is 2.47 bits per heavy atom. The predicted octanol–water partition coefficient (Wildman–Crippen LogP) is 2.92. The number of nitrogen functional groups attached to an aromatic ring is 1. The number of nitrogens with one attached hydrogen (secondary N) is 3. The molecule has 1 aliphatic rings. The third-order valence-electron chi connectivity index (χ3n) is 8.92. The second-order valence-electron chi connectivity index (χ2n) is 12.7. The van der Waals surface area contributed by atoms with Crippen LogP contribution in [0.4, 0.5) is 11.5 Å². The summed E-state index contributed by atoms with van der Waals surface area (Å²) in [6.07, 6.45) is 0.952. The first-order chi connectivity index (χ1) is 26.7. The monoisotopic (exact) mass is 750 g/mol. The van der Waals surface area contributed by atoms with Crippen molar-refractivity contribution in [2.45, 2.75) is 32.2 Å². The van der Waals surface area contributed by atoms with Gasteiger partial charge in [-0.05, 0) is 55.3 Å². The predicted molar refractivity (Wildman–Crippen MR) is 204 cm³/mol. The molecule has 0 radical (unpaired) electrons. The minimum atomic E-state index is -0.803. The normalized spacial score (nSPS) is 14.1. The lowest BCUT2D eigenvalue weighted by molar-refractivity contribution is -0.135. The highest BCUT2D eigenvalue weighted by Crippen LogP contribution is 2.31. The molecule has 6 N–H and O–H groups in total. The van der Waals surface area contributed by atoms with Crippen LogP contribution in [0.25, 0.3) is 22.2 Å². The van der Waals surface area contributed by atoms with E-state index in [2.05, 4.69) is 31.1 Å². The fraction of sp³-hybridized carbons (Fsp3) is 0.308. The first-order valence-electron chi connectivity index (χ1n) is 17.9. The Morgan fingerprint density at radius 1 is 0.945 bits per heavy atom. The summed E-state index contributed by atoms with van der Waals surface area (Å²) in [4.78, 5) is 54.8. The number of anilines is 2. The SMILES string of the molecule is Cc1nc2cccc(NCCOCCOCCNC(=O)c3ccc(CCOc4cc(-c5ccccc5O)nnc4N)cc3)c2c(=O)n1C1CCC(=O)NC1=O. The number of carbonyl (C=O) groups is 3. The van der Waals surface area contributed by atoms with Crippen molar-refractivity contribution in [3.8, 4) is 22.8 Å². The molecule has 1 aliphatic heterocycles. The quantitative estimate of drug-likeness (QED) is 0.0683. The third-order valence-corrected chi connectivity index (χ3v) is 8.92. The lowest BCUT2D eigenvalue weighted by atomic mass is 10.1. The minimum absolute atomic E-state index is 0.0793. The summed E-state index contributed by atoms with van der Waals surface area (Å²) in [5.41, 5.74) is 9.12. The summed E-state index contributed by atoms with van der Waals surface area (Å²) in [5, 5.41) is 26.9. The van der Waals surface area contributed by atoms with Gasteiger partial charge in [-0.3, -0.25) is 29.1 Å². The van der Waals surface area contributed by atoms with E-state index in [0.29, 0.717) is 97.5 Å². The maximum Gasteiger partial charge on any atom is 0.264 e. The van der Waals surface area contributed by atoms with E-state index in [4.69, 9.17) is 19.9 Å². The van der Waals surface area contributed by atoms with Crippen molar-refractivity contribution in [1.29, 1.82) is 0 Å². The molecule has 2 aromatic heterocycles. The number of imide groups is 1. The number of carbonyl (C=O) groups excluding carboxylic acids is 3. The molecule has 1 atom stereocenters. The topological polar surface area (TPSA) is 222 Å². The van der Waals surface area contributed by atoms with Crippen LogP contribution in [0.3, 0.4) is 0 Å². The van der Waals surface area contributed by atoms with Crippen LogP contribution in [-0.2, 0) is 25.5 Å². The molecule has 3 heterocycles. The molecular weight excluding hydrogens is 708 g/mol. The zero-order chi connectivity index (χ0) is 38.7. The number of hydrogen-bond acceptors (Lipinski definition) is 13. The molecule has 16 heteroatoms. The highest BCUT2D eigenvalue weighted by atomic mass is 16.5. The summed E-state index contributed by atoms with van der Waals surface area (Å²) >= 11 is 0. The molecule has 0 bridgehead atoms. The molecule has 0 saturated carbocycles. The van der Waals surface area contributed by atoms with Crippen LogP contribution in [0.2, 0.25) is 0 Å². The molecule has 1 unspecified atom stereocenters. The van der Waals surface area contributed by atoms with Crippen LogP contribution >= 0.6 is 0 Å². The lowest BCUT2D eigenvalue weighted by Gasteiger charge is -2.24. The van der Waals surface area contributed by atoms with Gasteiger partial charge in [0, 0.05) is 48.8 Å². The van der Waals surface area contributed by atoms with Gasteiger partial charge in [-0.25, -0.2) is 4.98 Å². The van der Waals surface area contributed by atoms with Gasteiger partial charge in [-0.15, -0.1) is 10.2 Å². The van der Waals surface area contributed by atoms with E-state index in [1.54, 1.807) is 67.6 Å². The minimum Gasteiger partial charge on any atom is -0.507 e. The van der Waals surface area contributed by atoms with Crippen LogP contribution < -0.4 is 32.0 Å². The van der Waals surface area contributed by atoms with Gasteiger partial charge in [0.05, 0.1) is 43.9 Å². The van der Waals surface area contributed by atoms with Crippen molar-refractivity contribution >= 4 is 40.1 Å². The second-order valence-corrected chi connectivity index (χ2v) is 12.7. The molecule has 1 saturated heterocycles. The number of amides is 3. The number of benzene rings is 3. The number of aromatic hydroxyl groups is 1. The number of piperidine rings is 1. The molecule has 3 amide bonds. The van der Waals surface area contributed by atoms with Gasteiger partial charge < -0.3 is 35.7 Å². The first kappa shape index (κ1) is 38.3. The van der Waals surface area contributed by atoms with Gasteiger partial charge in [0.2, 0.25) is 11.8 Å². The summed E-state index contributed by atoms with van der Waals surface area (Å²) < 4.78 is 18.5. The Bertz CT molecular complexity index is 2230. The molecule has 1 fully saturated rings. The number of nitrogens with two attached hydrogens (primary N) is 1. The number of nitrogens with zero attached hydrogens (tertiary/aromatic N) is 4. The van der Waals surface area contributed by atoms with E-state index in [0.717, 1.165) is 5.56 Å². The van der Waals surface area contributed by atoms with Crippen LogP contribution in [0, 0.1) is 6.92 Å². The fourth-order valence-corrected chi connectivity index (χ4v) is 6.14. The van der Waals surface area contributed by atoms with Crippen LogP contribution in [0.15, 0.2) is 77.6 Å². The molecular formula is C39H42N8O8. The molecule has 0 spiro atoms. The van der Waals surface area contributed by atoms with E-state index in [1.165, 1.54) is 4.57 Å². The molecule has 5 aromatic rings. The molecule has 286 valence electrons. The van der Waals surface area contributed by atoms with Crippen LogP contribution in [-0.4, -0.2) is 88.7 Å². The number of aryl methyl sites for hydroxylation is 1. The number of rotatable bonds is 17. The maximum atomic E-state index is 13.6. The van der Waals surface area contributed by atoms with Gasteiger partial charge in [-0.1, -0.05) is 30.3 Å². The second kappa shape index (κ2) is 18.1. The smallest absolute Gasteiger partial charge is 0.264 e. The number of phenols is 1. The number of phenolic OH excluding ortho intramolecular Hbond substituents is 1. The van der Waals surface area contributed by atoms with Crippen molar-refractivity contribution < 1.29 is 33.7 Å². The average molecular weight is 751 g/mol. The summed E-state index contributed by atoms with van der Waals surface area (Å²) in [5.74, 6) is -0.0937. The molecule has 3 aromatic carbocycles. The van der Waals surface area contributed by atoms with Crippen molar-refractivity contribution in [2.24, 2.45) is 0 Å². The largest absolute Gasteiger partial charge is 0.507 e. The Labute approximate surface area is 316 Å². The first-order valence-corrected chi connectivity index (χ1v) is 17.9. The number of aromatic nitrogens is 4. The van der Waals surface area contributed by atoms with Gasteiger partial charge in [0.25, 0.3) is 11.5 Å². The van der Waals surface area contributed by atoms with E-state index >= 15 is 0 Å².